The number of carbonyl (C=O) groups is 2. The lowest BCUT2D eigenvalue weighted by Crippen LogP contribution is -2.32. The van der Waals surface area contributed by atoms with Crippen molar-refractivity contribution in [2.75, 3.05) is 0 Å². The van der Waals surface area contributed by atoms with Crippen LogP contribution in [0.1, 0.15) is 21.7 Å². The molecule has 4 aromatic rings. The average Bonchev–Trinajstić information content (AvgIpc) is 3.39. The highest BCUT2D eigenvalue weighted by molar-refractivity contribution is 6.05. The highest BCUT2D eigenvalue weighted by Crippen LogP contribution is 2.24. The molecule has 0 aliphatic heterocycles. The van der Waals surface area contributed by atoms with Crippen molar-refractivity contribution in [3.05, 3.63) is 124 Å². The number of para-hydroxylation sites is 1. The number of rotatable bonds is 8. The van der Waals surface area contributed by atoms with Gasteiger partial charge in [0.2, 0.25) is 0 Å². The van der Waals surface area contributed by atoms with Gasteiger partial charge in [0.05, 0.1) is 11.1 Å². The van der Waals surface area contributed by atoms with Gasteiger partial charge in [-0.15, -0.1) is 0 Å². The van der Waals surface area contributed by atoms with E-state index in [4.69, 9.17) is 4.42 Å². The topological polar surface area (TPSA) is 147 Å². The van der Waals surface area contributed by atoms with Gasteiger partial charge in [0, 0.05) is 28.8 Å². The maximum Gasteiger partial charge on any atom is 0.287 e. The third-order valence-corrected chi connectivity index (χ3v) is 5.11. The van der Waals surface area contributed by atoms with Crippen LogP contribution >= 0.6 is 0 Å². The molecule has 0 spiro atoms. The number of carbonyl (C=O) groups excluding carboxylic acids is 2. The van der Waals surface area contributed by atoms with Gasteiger partial charge in [0.25, 0.3) is 17.5 Å². The summed E-state index contributed by atoms with van der Waals surface area (Å²) in [6.07, 6.45) is 2.60. The third-order valence-electron chi connectivity index (χ3n) is 5.11. The minimum Gasteiger partial charge on any atom is -0.507 e. The number of phenols is 1. The Labute approximate surface area is 210 Å². The van der Waals surface area contributed by atoms with Gasteiger partial charge in [-0.05, 0) is 48.5 Å². The maximum absolute atomic E-state index is 12.9. The molecule has 0 atom stereocenters. The van der Waals surface area contributed by atoms with Crippen molar-refractivity contribution in [3.8, 4) is 17.1 Å². The number of nitro benzene ring substituents is 1. The molecule has 10 heteroatoms. The molecule has 37 heavy (non-hydrogen) atoms. The van der Waals surface area contributed by atoms with Crippen molar-refractivity contribution in [2.24, 2.45) is 5.10 Å². The summed E-state index contributed by atoms with van der Waals surface area (Å²) in [4.78, 5) is 35.8. The van der Waals surface area contributed by atoms with E-state index in [0.29, 0.717) is 28.2 Å². The Morgan fingerprint density at radius 3 is 2.32 bits per heavy atom. The van der Waals surface area contributed by atoms with Crippen molar-refractivity contribution >= 4 is 29.8 Å². The van der Waals surface area contributed by atoms with Crippen LogP contribution in [0.2, 0.25) is 0 Å². The molecule has 2 amide bonds. The summed E-state index contributed by atoms with van der Waals surface area (Å²) in [5.41, 5.74) is 3.45. The van der Waals surface area contributed by atoms with Crippen LogP contribution in [-0.4, -0.2) is 28.1 Å². The van der Waals surface area contributed by atoms with Gasteiger partial charge >= 0.3 is 0 Å². The number of aromatic hydroxyl groups is 1. The predicted molar refractivity (Wildman–Crippen MR) is 137 cm³/mol. The van der Waals surface area contributed by atoms with Crippen LogP contribution in [0, 0.1) is 10.1 Å². The van der Waals surface area contributed by atoms with Crippen LogP contribution in [0.4, 0.5) is 5.69 Å². The van der Waals surface area contributed by atoms with Crippen LogP contribution < -0.4 is 10.7 Å². The number of hydrazone groups is 1. The second-order valence-electron chi connectivity index (χ2n) is 7.64. The van der Waals surface area contributed by atoms with Crippen molar-refractivity contribution in [1.29, 1.82) is 0 Å². The third kappa shape index (κ3) is 6.34. The fourth-order valence-corrected chi connectivity index (χ4v) is 3.25. The summed E-state index contributed by atoms with van der Waals surface area (Å²) in [5.74, 6) is -0.545. The predicted octanol–water partition coefficient (Wildman–Crippen LogP) is 4.48. The molecule has 1 heterocycles. The lowest BCUT2D eigenvalue weighted by molar-refractivity contribution is -0.384. The lowest BCUT2D eigenvalue weighted by atomic mass is 10.1. The summed E-state index contributed by atoms with van der Waals surface area (Å²) in [5, 5.41) is 27.3. The molecule has 0 saturated carbocycles. The molecule has 1 aromatic heterocycles. The van der Waals surface area contributed by atoms with Gasteiger partial charge in [-0.1, -0.05) is 36.4 Å². The first-order valence-corrected chi connectivity index (χ1v) is 10.9. The van der Waals surface area contributed by atoms with Gasteiger partial charge < -0.3 is 14.8 Å². The van der Waals surface area contributed by atoms with E-state index >= 15 is 0 Å². The second-order valence-corrected chi connectivity index (χ2v) is 7.64. The summed E-state index contributed by atoms with van der Waals surface area (Å²) in [7, 11) is 0. The quantitative estimate of drug-likeness (QED) is 0.142. The minimum absolute atomic E-state index is 0.0353. The summed E-state index contributed by atoms with van der Waals surface area (Å²) < 4.78 is 5.66. The van der Waals surface area contributed by atoms with Crippen LogP contribution in [0.25, 0.3) is 17.4 Å². The zero-order chi connectivity index (χ0) is 26.2. The summed E-state index contributed by atoms with van der Waals surface area (Å²) in [6, 6.07) is 23.8. The van der Waals surface area contributed by atoms with Gasteiger partial charge in [-0.25, -0.2) is 5.43 Å². The van der Waals surface area contributed by atoms with E-state index in [1.807, 2.05) is 0 Å². The minimum atomic E-state index is -0.731. The Bertz CT molecular complexity index is 1490. The number of phenolic OH excluding ortho intramolecular Hbond substituents is 1. The number of furan rings is 1. The van der Waals surface area contributed by atoms with E-state index in [1.165, 1.54) is 30.5 Å². The molecule has 0 fully saturated rings. The number of hydrogen-bond acceptors (Lipinski definition) is 7. The molecule has 10 nitrogen and oxygen atoms in total. The zero-order valence-electron chi connectivity index (χ0n) is 19.2. The fraction of sp³-hybridized carbons (Fsp3) is 0. The Morgan fingerprint density at radius 1 is 0.919 bits per heavy atom. The van der Waals surface area contributed by atoms with Crippen LogP contribution in [0.5, 0.6) is 5.75 Å². The molecule has 3 N–H and O–H groups in total. The molecule has 0 bridgehead atoms. The molecule has 0 unspecified atom stereocenters. The fourth-order valence-electron chi connectivity index (χ4n) is 3.25. The monoisotopic (exact) mass is 496 g/mol. The second kappa shape index (κ2) is 11.3. The van der Waals surface area contributed by atoms with E-state index in [2.05, 4.69) is 15.8 Å². The van der Waals surface area contributed by atoms with Crippen molar-refractivity contribution in [3.63, 3.8) is 0 Å². The smallest absolute Gasteiger partial charge is 0.287 e. The van der Waals surface area contributed by atoms with Crippen LogP contribution in [0.3, 0.4) is 0 Å². The van der Waals surface area contributed by atoms with Gasteiger partial charge in [0.15, 0.2) is 0 Å². The van der Waals surface area contributed by atoms with Crippen molar-refractivity contribution in [1.82, 2.24) is 10.7 Å². The van der Waals surface area contributed by atoms with Crippen LogP contribution in [-0.2, 0) is 4.79 Å². The van der Waals surface area contributed by atoms with Gasteiger partial charge in [-0.2, -0.15) is 5.10 Å². The van der Waals surface area contributed by atoms with Crippen molar-refractivity contribution < 1.29 is 24.0 Å². The van der Waals surface area contributed by atoms with Gasteiger partial charge in [-0.3, -0.25) is 19.7 Å². The van der Waals surface area contributed by atoms with Crippen molar-refractivity contribution in [2.45, 2.75) is 0 Å². The number of amides is 2. The number of non-ortho nitro benzene ring substituents is 1. The Kier molecular flexibility index (Phi) is 7.50. The Morgan fingerprint density at radius 2 is 1.62 bits per heavy atom. The highest BCUT2D eigenvalue weighted by atomic mass is 16.6. The van der Waals surface area contributed by atoms with E-state index < -0.39 is 16.7 Å². The van der Waals surface area contributed by atoms with E-state index in [0.717, 1.165) is 0 Å². The molecular weight excluding hydrogens is 476 g/mol. The molecule has 0 aliphatic rings. The zero-order valence-corrected chi connectivity index (χ0v) is 19.2. The number of benzene rings is 3. The largest absolute Gasteiger partial charge is 0.507 e. The highest BCUT2D eigenvalue weighted by Gasteiger charge is 2.15. The first kappa shape index (κ1) is 24.6. The first-order valence-electron chi connectivity index (χ1n) is 10.9. The lowest BCUT2D eigenvalue weighted by Gasteiger charge is -2.09. The molecule has 0 radical (unpaired) electrons. The molecule has 4 rings (SSSR count). The molecular formula is C27H20N4O6. The maximum atomic E-state index is 12.9. The van der Waals surface area contributed by atoms with E-state index in [9.17, 15) is 24.8 Å². The molecule has 0 saturated heterocycles. The normalized spacial score (nSPS) is 11.3. The number of nitro groups is 1. The average molecular weight is 496 g/mol. The van der Waals surface area contributed by atoms with Gasteiger partial charge in [0.1, 0.15) is 23.0 Å². The first-order chi connectivity index (χ1) is 17.9. The molecule has 184 valence electrons. The summed E-state index contributed by atoms with van der Waals surface area (Å²) in [6.45, 7) is 0. The molecule has 0 aliphatic carbocycles. The van der Waals surface area contributed by atoms with E-state index in [-0.39, 0.29) is 17.1 Å². The number of hydrogen-bond donors (Lipinski definition) is 3. The number of nitrogens with zero attached hydrogens (tertiary/aromatic N) is 2. The van der Waals surface area contributed by atoms with Crippen LogP contribution in [0.15, 0.2) is 106 Å². The van der Waals surface area contributed by atoms with E-state index in [1.54, 1.807) is 72.8 Å². The standard InChI is InChI=1S/C27H20N4O6/c32-24-9-5-4-8-20(24)16-23(29-26(33)19-6-2-1-3-7-19)27(34)30-28-17-22-14-15-25(37-22)18-10-12-21(13-11-18)31(35)36/h1-17,32H,(H,29,33)(H,30,34)/b23-16+,28-17+. The Balaban J connectivity index is 1.49. The molecule has 3 aromatic carbocycles. The summed E-state index contributed by atoms with van der Waals surface area (Å²) >= 11 is 0. The number of nitrogens with one attached hydrogen (secondary N) is 2. The SMILES string of the molecule is O=C(N/N=C/c1ccc(-c2ccc([N+](=O)[O-])cc2)o1)/C(=C\c1ccccc1O)NC(=O)c1ccccc1. The Hall–Kier alpha value is -5.51.